The lowest BCUT2D eigenvalue weighted by atomic mass is 10.1. The van der Waals surface area contributed by atoms with Crippen molar-refractivity contribution in [1.29, 1.82) is 0 Å². The molecule has 2 aromatic rings. The Bertz CT molecular complexity index is 686. The number of halogens is 2. The number of hydrogen-bond acceptors (Lipinski definition) is 2. The van der Waals surface area contributed by atoms with Crippen LogP contribution in [-0.2, 0) is 4.79 Å². The quantitative estimate of drug-likeness (QED) is 0.801. The van der Waals surface area contributed by atoms with E-state index in [9.17, 15) is 4.79 Å². The molecule has 0 radical (unpaired) electrons. The fourth-order valence-electron chi connectivity index (χ4n) is 1.98. The van der Waals surface area contributed by atoms with Crippen LogP contribution in [0.15, 0.2) is 36.4 Å². The topological polar surface area (TPSA) is 41.1 Å². The Kier molecular flexibility index (Phi) is 5.69. The van der Waals surface area contributed by atoms with Gasteiger partial charge >= 0.3 is 0 Å². The number of amides is 1. The molecule has 1 amide bonds. The van der Waals surface area contributed by atoms with Gasteiger partial charge in [0.25, 0.3) is 0 Å². The molecule has 2 aromatic carbocycles. The van der Waals surface area contributed by atoms with Crippen molar-refractivity contribution in [1.82, 2.24) is 0 Å². The van der Waals surface area contributed by atoms with E-state index in [0.29, 0.717) is 28.7 Å². The molecule has 0 spiro atoms. The number of carbonyl (C=O) groups excluding carboxylic acids is 1. The van der Waals surface area contributed by atoms with Crippen LogP contribution in [0, 0.1) is 13.8 Å². The van der Waals surface area contributed by atoms with Crippen LogP contribution in [0.5, 0.6) is 0 Å². The molecule has 22 heavy (non-hydrogen) atoms. The van der Waals surface area contributed by atoms with E-state index >= 15 is 0 Å². The Hall–Kier alpha value is -1.71. The lowest BCUT2D eigenvalue weighted by Gasteiger charge is -2.10. The van der Waals surface area contributed by atoms with Crippen LogP contribution >= 0.6 is 23.2 Å². The van der Waals surface area contributed by atoms with Gasteiger partial charge in [-0.1, -0.05) is 35.3 Å². The monoisotopic (exact) mass is 336 g/mol. The van der Waals surface area contributed by atoms with Crippen LogP contribution in [0.2, 0.25) is 10.0 Å². The highest BCUT2D eigenvalue weighted by molar-refractivity contribution is 6.43. The molecular formula is C17H18Cl2N2O. The maximum atomic E-state index is 11.9. The van der Waals surface area contributed by atoms with E-state index < -0.39 is 0 Å². The summed E-state index contributed by atoms with van der Waals surface area (Å²) in [5.74, 6) is -0.111. The van der Waals surface area contributed by atoms with Crippen LogP contribution < -0.4 is 10.6 Å². The van der Waals surface area contributed by atoms with E-state index in [2.05, 4.69) is 36.6 Å². The number of anilines is 2. The number of aryl methyl sites for hydroxylation is 2. The van der Waals surface area contributed by atoms with Gasteiger partial charge in [-0.2, -0.15) is 0 Å². The van der Waals surface area contributed by atoms with Gasteiger partial charge in [0, 0.05) is 18.7 Å². The highest BCUT2D eigenvalue weighted by Gasteiger charge is 2.08. The molecule has 0 fully saturated rings. The predicted octanol–water partition coefficient (Wildman–Crippen LogP) is 5.05. The van der Waals surface area contributed by atoms with E-state index in [1.807, 2.05) is 6.07 Å². The number of nitrogens with one attached hydrogen (secondary N) is 2. The smallest absolute Gasteiger partial charge is 0.226 e. The summed E-state index contributed by atoms with van der Waals surface area (Å²) in [6, 6.07) is 11.3. The number of carbonyl (C=O) groups is 1. The predicted molar refractivity (Wildman–Crippen MR) is 94.1 cm³/mol. The average molecular weight is 337 g/mol. The Balaban J connectivity index is 1.85. The van der Waals surface area contributed by atoms with Crippen LogP contribution in [-0.4, -0.2) is 12.5 Å². The number of rotatable bonds is 5. The van der Waals surface area contributed by atoms with Gasteiger partial charge in [0.2, 0.25) is 5.91 Å². The molecule has 0 atom stereocenters. The fourth-order valence-corrected chi connectivity index (χ4v) is 2.33. The molecule has 0 unspecified atom stereocenters. The molecule has 0 saturated heterocycles. The molecule has 2 N–H and O–H groups in total. The first kappa shape index (κ1) is 16.7. The van der Waals surface area contributed by atoms with E-state index in [1.165, 1.54) is 11.1 Å². The summed E-state index contributed by atoms with van der Waals surface area (Å²) in [6.07, 6.45) is 0.343. The van der Waals surface area contributed by atoms with Gasteiger partial charge in [-0.25, -0.2) is 0 Å². The first-order chi connectivity index (χ1) is 10.5. The van der Waals surface area contributed by atoms with Crippen molar-refractivity contribution >= 4 is 40.5 Å². The van der Waals surface area contributed by atoms with Crippen molar-refractivity contribution < 1.29 is 4.79 Å². The zero-order chi connectivity index (χ0) is 16.1. The maximum Gasteiger partial charge on any atom is 0.226 e. The Morgan fingerprint density at radius 3 is 2.59 bits per heavy atom. The number of hydrogen-bond donors (Lipinski definition) is 2. The van der Waals surface area contributed by atoms with Crippen molar-refractivity contribution in [3.63, 3.8) is 0 Å². The largest absolute Gasteiger partial charge is 0.385 e. The van der Waals surface area contributed by atoms with Crippen LogP contribution in [0.3, 0.4) is 0 Å². The summed E-state index contributed by atoms with van der Waals surface area (Å²) >= 11 is 12.0. The molecule has 2 rings (SSSR count). The van der Waals surface area contributed by atoms with E-state index in [4.69, 9.17) is 23.2 Å². The second-order valence-electron chi connectivity index (χ2n) is 5.13. The van der Waals surface area contributed by atoms with E-state index in [1.54, 1.807) is 18.2 Å². The normalized spacial score (nSPS) is 10.4. The third-order valence-electron chi connectivity index (χ3n) is 3.41. The van der Waals surface area contributed by atoms with E-state index in [0.717, 1.165) is 5.69 Å². The van der Waals surface area contributed by atoms with Gasteiger partial charge in [-0.05, 0) is 49.2 Å². The Labute approximate surface area is 140 Å². The molecule has 0 heterocycles. The number of benzene rings is 2. The summed E-state index contributed by atoms with van der Waals surface area (Å²) < 4.78 is 0. The van der Waals surface area contributed by atoms with Crippen molar-refractivity contribution in [3.05, 3.63) is 57.6 Å². The van der Waals surface area contributed by atoms with Gasteiger partial charge in [-0.15, -0.1) is 0 Å². The van der Waals surface area contributed by atoms with Gasteiger partial charge in [0.15, 0.2) is 0 Å². The minimum atomic E-state index is -0.111. The maximum absolute atomic E-state index is 11.9. The molecule has 0 aliphatic rings. The summed E-state index contributed by atoms with van der Waals surface area (Å²) in [6.45, 7) is 4.68. The fraction of sp³-hybridized carbons (Fsp3) is 0.235. The molecule has 3 nitrogen and oxygen atoms in total. The molecule has 5 heteroatoms. The summed E-state index contributed by atoms with van der Waals surface area (Å²) in [7, 11) is 0. The standard InChI is InChI=1S/C17H18Cl2N2O/c1-11-6-7-13(10-12(11)2)20-9-8-16(22)21-15-5-3-4-14(18)17(15)19/h3-7,10,20H,8-9H2,1-2H3,(H,21,22). The van der Waals surface area contributed by atoms with Gasteiger partial charge in [0.05, 0.1) is 15.7 Å². The average Bonchev–Trinajstić information content (AvgIpc) is 2.48. The van der Waals surface area contributed by atoms with Crippen molar-refractivity contribution in [2.45, 2.75) is 20.3 Å². The van der Waals surface area contributed by atoms with E-state index in [-0.39, 0.29) is 5.91 Å². The first-order valence-corrected chi connectivity index (χ1v) is 7.78. The van der Waals surface area contributed by atoms with Crippen molar-refractivity contribution in [2.24, 2.45) is 0 Å². The minimum absolute atomic E-state index is 0.111. The van der Waals surface area contributed by atoms with Gasteiger partial charge < -0.3 is 10.6 Å². The summed E-state index contributed by atoms with van der Waals surface area (Å²) in [5, 5.41) is 6.78. The second-order valence-corrected chi connectivity index (χ2v) is 5.91. The Morgan fingerprint density at radius 1 is 1.09 bits per heavy atom. The molecule has 0 aliphatic heterocycles. The highest BCUT2D eigenvalue weighted by atomic mass is 35.5. The first-order valence-electron chi connectivity index (χ1n) is 7.02. The zero-order valence-corrected chi connectivity index (χ0v) is 14.1. The molecular weight excluding hydrogens is 319 g/mol. The highest BCUT2D eigenvalue weighted by Crippen LogP contribution is 2.29. The molecule has 0 saturated carbocycles. The van der Waals surface area contributed by atoms with Crippen molar-refractivity contribution in [3.8, 4) is 0 Å². The zero-order valence-electron chi connectivity index (χ0n) is 12.5. The summed E-state index contributed by atoms with van der Waals surface area (Å²) in [4.78, 5) is 11.9. The second kappa shape index (κ2) is 7.52. The lowest BCUT2D eigenvalue weighted by molar-refractivity contribution is -0.115. The lowest BCUT2D eigenvalue weighted by Crippen LogP contribution is -2.16. The minimum Gasteiger partial charge on any atom is -0.385 e. The molecule has 0 aliphatic carbocycles. The van der Waals surface area contributed by atoms with Crippen LogP contribution in [0.1, 0.15) is 17.5 Å². The third kappa shape index (κ3) is 4.39. The Morgan fingerprint density at radius 2 is 1.86 bits per heavy atom. The molecule has 0 aromatic heterocycles. The summed E-state index contributed by atoms with van der Waals surface area (Å²) in [5.41, 5.74) is 4.01. The molecule has 116 valence electrons. The van der Waals surface area contributed by atoms with Crippen molar-refractivity contribution in [2.75, 3.05) is 17.2 Å². The van der Waals surface area contributed by atoms with Gasteiger partial charge in [0.1, 0.15) is 0 Å². The van der Waals surface area contributed by atoms with Crippen LogP contribution in [0.4, 0.5) is 11.4 Å². The third-order valence-corrected chi connectivity index (χ3v) is 4.23. The molecule has 0 bridgehead atoms. The van der Waals surface area contributed by atoms with Gasteiger partial charge in [-0.3, -0.25) is 4.79 Å². The van der Waals surface area contributed by atoms with Crippen LogP contribution in [0.25, 0.3) is 0 Å². The SMILES string of the molecule is Cc1ccc(NCCC(=O)Nc2cccc(Cl)c2Cl)cc1C.